The zero-order chi connectivity index (χ0) is 22.8. The summed E-state index contributed by atoms with van der Waals surface area (Å²) >= 11 is 0. The molecule has 0 amide bonds. The first-order chi connectivity index (χ1) is 16.1. The second-order valence-electron chi connectivity index (χ2n) is 8.87. The maximum absolute atomic E-state index is 6.34. The van der Waals surface area contributed by atoms with Gasteiger partial charge in [-0.3, -0.25) is 0 Å². The highest BCUT2D eigenvalue weighted by Crippen LogP contribution is 2.42. The van der Waals surface area contributed by atoms with Crippen molar-refractivity contribution in [3.8, 4) is 28.5 Å². The van der Waals surface area contributed by atoms with E-state index in [9.17, 15) is 0 Å². The number of aromatic nitrogens is 1. The molecule has 5 nitrogen and oxygen atoms in total. The highest BCUT2D eigenvalue weighted by molar-refractivity contribution is 5.76. The van der Waals surface area contributed by atoms with Crippen LogP contribution in [-0.4, -0.2) is 31.9 Å². The summed E-state index contributed by atoms with van der Waals surface area (Å²) in [6.45, 7) is 6.44. The molecule has 1 atom stereocenters. The molecule has 1 unspecified atom stereocenters. The summed E-state index contributed by atoms with van der Waals surface area (Å²) in [6, 6.07) is 12.8. The van der Waals surface area contributed by atoms with Crippen LogP contribution in [0.25, 0.3) is 11.1 Å². The first-order valence-electron chi connectivity index (χ1n) is 11.8. The Hall–Kier alpha value is -3.05. The van der Waals surface area contributed by atoms with E-state index in [1.165, 1.54) is 33.4 Å². The van der Waals surface area contributed by atoms with Crippen LogP contribution in [0.2, 0.25) is 0 Å². The standard InChI is InChI=1S/C28H31NO4/c1-18-14-21(31-12-5-11-30-3)15-19(2)28(18)24-7-4-6-23-22(24)8-9-25(23)33-27-16-26-20(17-29-27)10-13-32-26/h4,6-7,14-17,25H,5,8-13H2,1-3H3. The second-order valence-corrected chi connectivity index (χ2v) is 8.87. The van der Waals surface area contributed by atoms with E-state index in [2.05, 4.69) is 49.2 Å². The molecule has 5 heteroatoms. The number of aryl methyl sites for hydroxylation is 2. The fourth-order valence-electron chi connectivity index (χ4n) is 5.05. The average molecular weight is 446 g/mol. The number of hydrogen-bond donors (Lipinski definition) is 0. The van der Waals surface area contributed by atoms with Crippen molar-refractivity contribution < 1.29 is 18.9 Å². The second kappa shape index (κ2) is 9.44. The van der Waals surface area contributed by atoms with Crippen molar-refractivity contribution in [1.29, 1.82) is 0 Å². The molecule has 0 bridgehead atoms. The van der Waals surface area contributed by atoms with Gasteiger partial charge in [0.1, 0.15) is 17.6 Å². The third-order valence-electron chi connectivity index (χ3n) is 6.56. The van der Waals surface area contributed by atoms with Crippen molar-refractivity contribution in [2.24, 2.45) is 0 Å². The van der Waals surface area contributed by atoms with Gasteiger partial charge >= 0.3 is 0 Å². The van der Waals surface area contributed by atoms with E-state index in [4.69, 9.17) is 18.9 Å². The van der Waals surface area contributed by atoms with Gasteiger partial charge in [0.2, 0.25) is 5.88 Å². The molecule has 0 radical (unpaired) electrons. The van der Waals surface area contributed by atoms with Gasteiger partial charge in [0.15, 0.2) is 0 Å². The molecule has 2 aliphatic rings. The third-order valence-corrected chi connectivity index (χ3v) is 6.56. The largest absolute Gasteiger partial charge is 0.493 e. The van der Waals surface area contributed by atoms with Gasteiger partial charge in [-0.2, -0.15) is 0 Å². The topological polar surface area (TPSA) is 49.8 Å². The molecular formula is C28H31NO4. The highest BCUT2D eigenvalue weighted by Gasteiger charge is 2.28. The average Bonchev–Trinajstić information content (AvgIpc) is 3.44. The van der Waals surface area contributed by atoms with Gasteiger partial charge in [-0.05, 0) is 72.2 Å². The van der Waals surface area contributed by atoms with E-state index in [1.807, 2.05) is 12.3 Å². The van der Waals surface area contributed by atoms with E-state index < -0.39 is 0 Å². The van der Waals surface area contributed by atoms with Crippen molar-refractivity contribution in [1.82, 2.24) is 4.98 Å². The number of fused-ring (bicyclic) bond motifs is 2. The SMILES string of the molecule is COCCCOc1cc(C)c(-c2cccc3c2CCC3Oc2cc3c(cn2)CCO3)c(C)c1. The van der Waals surface area contributed by atoms with Crippen LogP contribution in [0.5, 0.6) is 17.4 Å². The molecule has 172 valence electrons. The molecule has 1 aromatic heterocycles. The zero-order valence-electron chi connectivity index (χ0n) is 19.6. The number of hydrogen-bond acceptors (Lipinski definition) is 5. The van der Waals surface area contributed by atoms with Crippen LogP contribution in [0.4, 0.5) is 0 Å². The monoisotopic (exact) mass is 445 g/mol. The summed E-state index contributed by atoms with van der Waals surface area (Å²) in [5.41, 5.74) is 8.84. The van der Waals surface area contributed by atoms with Crippen LogP contribution in [0.3, 0.4) is 0 Å². The Labute approximate surface area is 195 Å². The van der Waals surface area contributed by atoms with Crippen molar-refractivity contribution in [3.05, 3.63) is 70.4 Å². The van der Waals surface area contributed by atoms with Crippen molar-refractivity contribution >= 4 is 0 Å². The Balaban J connectivity index is 1.39. The Morgan fingerprint density at radius 3 is 2.73 bits per heavy atom. The molecule has 1 aliphatic heterocycles. The minimum atomic E-state index is 0.0101. The predicted molar refractivity (Wildman–Crippen MR) is 128 cm³/mol. The highest BCUT2D eigenvalue weighted by atomic mass is 16.5. The summed E-state index contributed by atoms with van der Waals surface area (Å²) in [6.07, 6.45) is 5.64. The molecule has 0 saturated heterocycles. The lowest BCUT2D eigenvalue weighted by atomic mass is 9.90. The summed E-state index contributed by atoms with van der Waals surface area (Å²) in [5, 5.41) is 0. The number of nitrogens with zero attached hydrogens (tertiary/aromatic N) is 1. The Morgan fingerprint density at radius 1 is 1.06 bits per heavy atom. The molecule has 1 aliphatic carbocycles. The van der Waals surface area contributed by atoms with Gasteiger partial charge in [0, 0.05) is 44.4 Å². The van der Waals surface area contributed by atoms with Crippen LogP contribution in [-0.2, 0) is 17.6 Å². The molecule has 3 aromatic rings. The normalized spacial score (nSPS) is 16.3. The molecule has 0 spiro atoms. The maximum Gasteiger partial charge on any atom is 0.217 e. The third kappa shape index (κ3) is 4.42. The number of methoxy groups -OCH3 is 1. The smallest absolute Gasteiger partial charge is 0.217 e. The van der Waals surface area contributed by atoms with Gasteiger partial charge in [0.05, 0.1) is 13.2 Å². The van der Waals surface area contributed by atoms with Crippen LogP contribution >= 0.6 is 0 Å². The minimum absolute atomic E-state index is 0.0101. The molecule has 0 saturated carbocycles. The van der Waals surface area contributed by atoms with E-state index >= 15 is 0 Å². The van der Waals surface area contributed by atoms with E-state index in [-0.39, 0.29) is 6.10 Å². The Kier molecular flexibility index (Phi) is 6.23. The summed E-state index contributed by atoms with van der Waals surface area (Å²) in [5.74, 6) is 2.47. The molecule has 33 heavy (non-hydrogen) atoms. The van der Waals surface area contributed by atoms with Crippen LogP contribution in [0.15, 0.2) is 42.6 Å². The molecule has 0 N–H and O–H groups in total. The fraction of sp³-hybridized carbons (Fsp3) is 0.393. The molecular weight excluding hydrogens is 414 g/mol. The van der Waals surface area contributed by atoms with Crippen molar-refractivity contribution in [2.45, 2.75) is 45.6 Å². The van der Waals surface area contributed by atoms with Crippen molar-refractivity contribution in [3.63, 3.8) is 0 Å². The van der Waals surface area contributed by atoms with Crippen molar-refractivity contribution in [2.75, 3.05) is 26.9 Å². The summed E-state index contributed by atoms with van der Waals surface area (Å²) in [4.78, 5) is 4.52. The number of benzene rings is 2. The fourth-order valence-corrected chi connectivity index (χ4v) is 5.05. The van der Waals surface area contributed by atoms with E-state index in [0.717, 1.165) is 49.4 Å². The zero-order valence-corrected chi connectivity index (χ0v) is 19.6. The van der Waals surface area contributed by atoms with Gasteiger partial charge in [-0.25, -0.2) is 4.98 Å². The van der Waals surface area contributed by atoms with Gasteiger partial charge in [-0.15, -0.1) is 0 Å². The van der Waals surface area contributed by atoms with Gasteiger partial charge < -0.3 is 18.9 Å². The number of rotatable bonds is 8. The molecule has 5 rings (SSSR count). The van der Waals surface area contributed by atoms with E-state index in [0.29, 0.717) is 19.1 Å². The number of ether oxygens (including phenoxy) is 4. The lowest BCUT2D eigenvalue weighted by Gasteiger charge is -2.18. The van der Waals surface area contributed by atoms with Crippen LogP contribution in [0, 0.1) is 13.8 Å². The molecule has 2 aromatic carbocycles. The first kappa shape index (κ1) is 21.8. The molecule has 2 heterocycles. The van der Waals surface area contributed by atoms with Crippen LogP contribution < -0.4 is 14.2 Å². The minimum Gasteiger partial charge on any atom is -0.493 e. The predicted octanol–water partition coefficient (Wildman–Crippen LogP) is 5.78. The van der Waals surface area contributed by atoms with Gasteiger partial charge in [0.25, 0.3) is 0 Å². The van der Waals surface area contributed by atoms with E-state index in [1.54, 1.807) is 7.11 Å². The Morgan fingerprint density at radius 2 is 1.91 bits per heavy atom. The lowest BCUT2D eigenvalue weighted by Crippen LogP contribution is -2.05. The molecule has 0 fully saturated rings. The summed E-state index contributed by atoms with van der Waals surface area (Å²) in [7, 11) is 1.72. The summed E-state index contributed by atoms with van der Waals surface area (Å²) < 4.78 is 23.1. The Bertz CT molecular complexity index is 1130. The van der Waals surface area contributed by atoms with Gasteiger partial charge in [-0.1, -0.05) is 18.2 Å². The quantitative estimate of drug-likeness (QED) is 0.411. The maximum atomic E-state index is 6.34. The van der Waals surface area contributed by atoms with Crippen LogP contribution in [0.1, 0.15) is 46.8 Å². The first-order valence-corrected chi connectivity index (χ1v) is 11.8. The lowest BCUT2D eigenvalue weighted by molar-refractivity contribution is 0.172. The number of pyridine rings is 1.